The predicted octanol–water partition coefficient (Wildman–Crippen LogP) is 3.03. The van der Waals surface area contributed by atoms with Crippen molar-refractivity contribution in [2.45, 2.75) is 30.4 Å². The van der Waals surface area contributed by atoms with Gasteiger partial charge in [-0.2, -0.15) is 5.10 Å². The maximum absolute atomic E-state index is 12.6. The van der Waals surface area contributed by atoms with E-state index in [1.807, 2.05) is 42.6 Å². The molecule has 0 aliphatic carbocycles. The van der Waals surface area contributed by atoms with Crippen molar-refractivity contribution in [2.75, 3.05) is 6.54 Å². The van der Waals surface area contributed by atoms with E-state index in [0.717, 1.165) is 11.4 Å². The van der Waals surface area contributed by atoms with Gasteiger partial charge < -0.3 is 5.32 Å². The highest BCUT2D eigenvalue weighted by molar-refractivity contribution is 7.92. The highest BCUT2D eigenvalue weighted by Gasteiger charge is 2.25. The van der Waals surface area contributed by atoms with E-state index in [-0.39, 0.29) is 10.5 Å². The van der Waals surface area contributed by atoms with E-state index in [1.165, 1.54) is 12.1 Å². The number of carbonyl (C=O) groups is 1. The number of nitrogens with one attached hydrogen (secondary N) is 1. The summed E-state index contributed by atoms with van der Waals surface area (Å²) in [5.74, 6) is -0.401. The zero-order chi connectivity index (χ0) is 20.1. The summed E-state index contributed by atoms with van der Waals surface area (Å²) in [6.07, 6.45) is 2.42. The first kappa shape index (κ1) is 19.8. The molecule has 0 spiro atoms. The van der Waals surface area contributed by atoms with Gasteiger partial charge in [0.1, 0.15) is 0 Å². The number of rotatable bonds is 7. The molecule has 0 aliphatic rings. The van der Waals surface area contributed by atoms with Crippen molar-refractivity contribution < 1.29 is 13.2 Å². The van der Waals surface area contributed by atoms with Crippen molar-refractivity contribution in [1.82, 2.24) is 15.1 Å². The number of hydrogen-bond acceptors (Lipinski definition) is 4. The first-order valence-corrected chi connectivity index (χ1v) is 10.7. The molecule has 7 heteroatoms. The Kier molecular flexibility index (Phi) is 5.94. The quantitative estimate of drug-likeness (QED) is 0.664. The maximum atomic E-state index is 12.6. The summed E-state index contributed by atoms with van der Waals surface area (Å²) in [5, 5.41) is 6.70. The van der Waals surface area contributed by atoms with Crippen LogP contribution in [0.1, 0.15) is 29.9 Å². The van der Waals surface area contributed by atoms with E-state index in [0.29, 0.717) is 13.0 Å². The van der Waals surface area contributed by atoms with E-state index in [4.69, 9.17) is 0 Å². The summed E-state index contributed by atoms with van der Waals surface area (Å²) in [7, 11) is -3.53. The maximum Gasteiger partial charge on any atom is 0.252 e. The second kappa shape index (κ2) is 8.39. The zero-order valence-electron chi connectivity index (χ0n) is 15.9. The fraction of sp³-hybridized carbons (Fsp3) is 0.238. The third-order valence-corrected chi connectivity index (χ3v) is 6.60. The van der Waals surface area contributed by atoms with Crippen molar-refractivity contribution in [2.24, 2.45) is 0 Å². The van der Waals surface area contributed by atoms with Crippen LogP contribution in [0.3, 0.4) is 0 Å². The van der Waals surface area contributed by atoms with Gasteiger partial charge >= 0.3 is 0 Å². The number of para-hydroxylation sites is 1. The van der Waals surface area contributed by atoms with Gasteiger partial charge in [-0.25, -0.2) is 13.1 Å². The highest BCUT2D eigenvalue weighted by atomic mass is 32.2. The van der Waals surface area contributed by atoms with Gasteiger partial charge in [-0.3, -0.25) is 4.79 Å². The van der Waals surface area contributed by atoms with Crippen LogP contribution < -0.4 is 5.32 Å². The van der Waals surface area contributed by atoms with Crippen molar-refractivity contribution in [3.8, 4) is 5.69 Å². The molecule has 0 aliphatic heterocycles. The fourth-order valence-electron chi connectivity index (χ4n) is 2.78. The summed E-state index contributed by atoms with van der Waals surface area (Å²) in [6, 6.07) is 18.0. The van der Waals surface area contributed by atoms with E-state index in [9.17, 15) is 13.2 Å². The minimum absolute atomic E-state index is 0.0656. The molecule has 0 saturated heterocycles. The predicted molar refractivity (Wildman–Crippen MR) is 108 cm³/mol. The molecule has 0 fully saturated rings. The Morgan fingerprint density at radius 3 is 2.43 bits per heavy atom. The van der Waals surface area contributed by atoms with Crippen LogP contribution in [0.25, 0.3) is 5.69 Å². The van der Waals surface area contributed by atoms with Crippen molar-refractivity contribution in [1.29, 1.82) is 0 Å². The molecule has 0 radical (unpaired) electrons. The van der Waals surface area contributed by atoms with E-state index in [1.54, 1.807) is 30.7 Å². The van der Waals surface area contributed by atoms with Crippen LogP contribution in [0.15, 0.2) is 71.8 Å². The van der Waals surface area contributed by atoms with Crippen LogP contribution in [0, 0.1) is 0 Å². The number of hydrogen-bond donors (Lipinski definition) is 1. The molecule has 0 saturated carbocycles. The van der Waals surface area contributed by atoms with Crippen LogP contribution in [0.5, 0.6) is 0 Å². The molecule has 3 aromatic rings. The summed E-state index contributed by atoms with van der Waals surface area (Å²) < 4.78 is 26.8. The molecular formula is C21H23N3O3S. The average molecular weight is 398 g/mol. The van der Waals surface area contributed by atoms with Crippen LogP contribution in [-0.4, -0.2) is 35.9 Å². The number of aromatic nitrogens is 2. The van der Waals surface area contributed by atoms with Gasteiger partial charge in [0.15, 0.2) is 9.84 Å². The van der Waals surface area contributed by atoms with Crippen LogP contribution in [0.2, 0.25) is 0 Å². The normalized spacial score (nSPS) is 11.5. The molecule has 0 bridgehead atoms. The summed E-state index contributed by atoms with van der Waals surface area (Å²) in [5.41, 5.74) is 1.98. The van der Waals surface area contributed by atoms with Gasteiger partial charge in [0, 0.05) is 19.2 Å². The highest BCUT2D eigenvalue weighted by Crippen LogP contribution is 2.20. The summed E-state index contributed by atoms with van der Waals surface area (Å²) in [6.45, 7) is 3.57. The van der Waals surface area contributed by atoms with Crippen LogP contribution in [0.4, 0.5) is 0 Å². The van der Waals surface area contributed by atoms with Gasteiger partial charge in [0.25, 0.3) is 5.91 Å². The van der Waals surface area contributed by atoms with Gasteiger partial charge in [0.05, 0.1) is 27.1 Å². The summed E-state index contributed by atoms with van der Waals surface area (Å²) in [4.78, 5) is 12.6. The van der Waals surface area contributed by atoms with Crippen molar-refractivity contribution in [3.05, 3.63) is 78.1 Å². The molecule has 3 rings (SSSR count). The van der Waals surface area contributed by atoms with E-state index < -0.39 is 21.0 Å². The summed E-state index contributed by atoms with van der Waals surface area (Å²) >= 11 is 0. The van der Waals surface area contributed by atoms with E-state index >= 15 is 0 Å². The Labute approximate surface area is 165 Å². The Morgan fingerprint density at radius 1 is 1.04 bits per heavy atom. The molecular weight excluding hydrogens is 374 g/mol. The number of nitrogens with zero attached hydrogens (tertiary/aromatic N) is 2. The van der Waals surface area contributed by atoms with Crippen molar-refractivity contribution >= 4 is 15.7 Å². The standard InChI is InChI=1S/C21H23N3O3S/c1-16(2)28(26,27)20-11-7-6-10-19(20)21(25)22-14-12-17-13-15-24(23-17)18-8-4-3-5-9-18/h3-11,13,15-16H,12,14H2,1-2H3,(H,22,25). The van der Waals surface area contributed by atoms with E-state index in [2.05, 4.69) is 10.4 Å². The molecule has 6 nitrogen and oxygen atoms in total. The lowest BCUT2D eigenvalue weighted by Gasteiger charge is -2.12. The molecule has 28 heavy (non-hydrogen) atoms. The number of amides is 1. The molecule has 0 unspecified atom stereocenters. The molecule has 1 heterocycles. The minimum atomic E-state index is -3.53. The average Bonchev–Trinajstić information content (AvgIpc) is 3.17. The van der Waals surface area contributed by atoms with Crippen LogP contribution >= 0.6 is 0 Å². The molecule has 1 aromatic heterocycles. The molecule has 0 atom stereocenters. The second-order valence-electron chi connectivity index (χ2n) is 6.68. The largest absolute Gasteiger partial charge is 0.352 e. The second-order valence-corrected chi connectivity index (χ2v) is 9.16. The third-order valence-electron chi connectivity index (χ3n) is 4.39. The minimum Gasteiger partial charge on any atom is -0.352 e. The third kappa shape index (κ3) is 4.31. The Bertz CT molecular complexity index is 1060. The number of benzene rings is 2. The Balaban J connectivity index is 1.65. The van der Waals surface area contributed by atoms with Crippen LogP contribution in [-0.2, 0) is 16.3 Å². The molecule has 146 valence electrons. The smallest absolute Gasteiger partial charge is 0.252 e. The van der Waals surface area contributed by atoms with Gasteiger partial charge in [-0.05, 0) is 44.2 Å². The molecule has 1 N–H and O–H groups in total. The lowest BCUT2D eigenvalue weighted by atomic mass is 10.2. The number of sulfone groups is 1. The number of carbonyl (C=O) groups excluding carboxylic acids is 1. The monoisotopic (exact) mass is 397 g/mol. The molecule has 2 aromatic carbocycles. The van der Waals surface area contributed by atoms with Gasteiger partial charge in [-0.15, -0.1) is 0 Å². The SMILES string of the molecule is CC(C)S(=O)(=O)c1ccccc1C(=O)NCCc1ccn(-c2ccccc2)n1. The zero-order valence-corrected chi connectivity index (χ0v) is 16.7. The topological polar surface area (TPSA) is 81.1 Å². The molecule has 1 amide bonds. The van der Waals surface area contributed by atoms with Gasteiger partial charge in [-0.1, -0.05) is 30.3 Å². The fourth-order valence-corrected chi connectivity index (χ4v) is 4.02. The van der Waals surface area contributed by atoms with Crippen molar-refractivity contribution in [3.63, 3.8) is 0 Å². The lowest BCUT2D eigenvalue weighted by Crippen LogP contribution is -2.28. The lowest BCUT2D eigenvalue weighted by molar-refractivity contribution is 0.0950. The van der Waals surface area contributed by atoms with Gasteiger partial charge in [0.2, 0.25) is 0 Å². The Morgan fingerprint density at radius 2 is 1.71 bits per heavy atom. The first-order valence-electron chi connectivity index (χ1n) is 9.10. The first-order chi connectivity index (χ1) is 13.4. The Hall–Kier alpha value is -2.93.